The monoisotopic (exact) mass is 398 g/mol. The zero-order valence-electron chi connectivity index (χ0n) is 13.1. The summed E-state index contributed by atoms with van der Waals surface area (Å²) in [4.78, 5) is 6.96. The molecule has 0 aliphatic carbocycles. The average Bonchev–Trinajstić information content (AvgIpc) is 2.40. The molecule has 1 unspecified atom stereocenters. The molecule has 1 fully saturated rings. The van der Waals surface area contributed by atoms with Gasteiger partial charge in [-0.1, -0.05) is 27.2 Å². The highest BCUT2D eigenvalue weighted by Crippen LogP contribution is 2.13. The first-order valence-corrected chi connectivity index (χ1v) is 7.50. The molecule has 0 aromatic rings. The van der Waals surface area contributed by atoms with Crippen molar-refractivity contribution in [1.29, 1.82) is 0 Å². The molecule has 0 aromatic heterocycles. The normalized spacial score (nSPS) is 18.7. The molecule has 1 atom stereocenters. The van der Waals surface area contributed by atoms with Crippen LogP contribution in [0.2, 0.25) is 0 Å². The molecule has 1 saturated heterocycles. The van der Waals surface area contributed by atoms with Crippen LogP contribution in [0.25, 0.3) is 0 Å². The second-order valence-corrected chi connectivity index (χ2v) is 5.47. The van der Waals surface area contributed by atoms with Crippen molar-refractivity contribution in [3.63, 3.8) is 0 Å². The van der Waals surface area contributed by atoms with Gasteiger partial charge in [-0.2, -0.15) is 0 Å². The molecule has 120 valence electrons. The van der Waals surface area contributed by atoms with E-state index in [2.05, 4.69) is 36.0 Å². The maximum atomic E-state index is 5.89. The van der Waals surface area contributed by atoms with Crippen molar-refractivity contribution in [3.05, 3.63) is 0 Å². The highest BCUT2D eigenvalue weighted by molar-refractivity contribution is 14.0. The second-order valence-electron chi connectivity index (χ2n) is 5.47. The van der Waals surface area contributed by atoms with Crippen LogP contribution in [0.15, 0.2) is 4.99 Å². The third kappa shape index (κ3) is 7.64. The number of ether oxygens (including phenoxy) is 1. The van der Waals surface area contributed by atoms with Gasteiger partial charge in [-0.25, -0.2) is 0 Å². The van der Waals surface area contributed by atoms with Gasteiger partial charge in [0, 0.05) is 25.7 Å². The maximum Gasteiger partial charge on any atom is 0.188 e. The lowest BCUT2D eigenvalue weighted by Crippen LogP contribution is -2.48. The second kappa shape index (κ2) is 11.6. The van der Waals surface area contributed by atoms with Crippen molar-refractivity contribution < 1.29 is 4.74 Å². The molecule has 1 rings (SSSR count). The molecule has 1 aliphatic rings. The zero-order chi connectivity index (χ0) is 14.1. The van der Waals surface area contributed by atoms with Gasteiger partial charge in [-0.15, -0.1) is 24.0 Å². The summed E-state index contributed by atoms with van der Waals surface area (Å²) in [6, 6.07) is 0.454. The lowest BCUT2D eigenvalue weighted by Gasteiger charge is -2.36. The van der Waals surface area contributed by atoms with E-state index in [4.69, 9.17) is 10.5 Å². The van der Waals surface area contributed by atoms with Gasteiger partial charge in [0.15, 0.2) is 5.96 Å². The molecule has 1 aliphatic heterocycles. The van der Waals surface area contributed by atoms with E-state index in [1.807, 2.05) is 0 Å². The first-order chi connectivity index (χ1) is 9.15. The quantitative estimate of drug-likeness (QED) is 0.296. The fraction of sp³-hybridized carbons (Fsp3) is 0.929. The Morgan fingerprint density at radius 1 is 1.35 bits per heavy atom. The van der Waals surface area contributed by atoms with Crippen molar-refractivity contribution in [2.75, 3.05) is 39.4 Å². The summed E-state index contributed by atoms with van der Waals surface area (Å²) in [5.41, 5.74) is 5.89. The maximum absolute atomic E-state index is 5.89. The number of nitrogens with one attached hydrogen (secondary N) is 1. The fourth-order valence-corrected chi connectivity index (χ4v) is 2.30. The van der Waals surface area contributed by atoms with Crippen LogP contribution in [0.1, 0.15) is 33.6 Å². The largest absolute Gasteiger partial charge is 0.379 e. The summed E-state index contributed by atoms with van der Waals surface area (Å²) >= 11 is 0. The lowest BCUT2D eigenvalue weighted by molar-refractivity contribution is 0.00868. The molecule has 6 heteroatoms. The molecule has 0 aromatic carbocycles. The summed E-state index contributed by atoms with van der Waals surface area (Å²) in [7, 11) is 0. The molecule has 0 spiro atoms. The number of guanidine groups is 1. The number of nitrogens with two attached hydrogens (primary N) is 1. The molecule has 5 nitrogen and oxygen atoms in total. The summed E-state index contributed by atoms with van der Waals surface area (Å²) in [5, 5.41) is 3.17. The molecule has 0 radical (unpaired) electrons. The van der Waals surface area contributed by atoms with E-state index in [-0.39, 0.29) is 24.0 Å². The molecule has 0 amide bonds. The van der Waals surface area contributed by atoms with Crippen molar-refractivity contribution in [2.24, 2.45) is 16.6 Å². The van der Waals surface area contributed by atoms with Gasteiger partial charge in [0.1, 0.15) is 0 Å². The van der Waals surface area contributed by atoms with Crippen LogP contribution < -0.4 is 11.1 Å². The smallest absolute Gasteiger partial charge is 0.188 e. The Balaban J connectivity index is 0.00000361. The number of hydrogen-bond donors (Lipinski definition) is 2. The van der Waals surface area contributed by atoms with E-state index >= 15 is 0 Å². The molecule has 20 heavy (non-hydrogen) atoms. The SMILES string of the molecule is CCCCNC(N)=NCC(C(C)C)N1CCOCC1.I. The molecule has 3 N–H and O–H groups in total. The molecular formula is C14H31IN4O. The van der Waals surface area contributed by atoms with Crippen LogP contribution in [0.5, 0.6) is 0 Å². The first-order valence-electron chi connectivity index (χ1n) is 7.50. The van der Waals surface area contributed by atoms with Crippen LogP contribution >= 0.6 is 24.0 Å². The number of halogens is 1. The minimum atomic E-state index is 0. The van der Waals surface area contributed by atoms with Crippen molar-refractivity contribution in [2.45, 2.75) is 39.7 Å². The topological polar surface area (TPSA) is 62.9 Å². The van der Waals surface area contributed by atoms with Gasteiger partial charge in [0.2, 0.25) is 0 Å². The minimum Gasteiger partial charge on any atom is -0.379 e. The number of morpholine rings is 1. The molecular weight excluding hydrogens is 367 g/mol. The fourth-order valence-electron chi connectivity index (χ4n) is 2.30. The van der Waals surface area contributed by atoms with Crippen LogP contribution in [-0.4, -0.2) is 56.3 Å². The van der Waals surface area contributed by atoms with Gasteiger partial charge in [0.25, 0.3) is 0 Å². The van der Waals surface area contributed by atoms with Crippen molar-refractivity contribution in [1.82, 2.24) is 10.2 Å². The van der Waals surface area contributed by atoms with E-state index in [1.165, 1.54) is 6.42 Å². The van der Waals surface area contributed by atoms with E-state index in [0.717, 1.165) is 45.8 Å². The van der Waals surface area contributed by atoms with Gasteiger partial charge in [-0.05, 0) is 12.3 Å². The molecule has 0 bridgehead atoms. The standard InChI is InChI=1S/C14H30N4O.HI/c1-4-5-6-16-14(15)17-11-13(12(2)3)18-7-9-19-10-8-18;/h12-13H,4-11H2,1-3H3,(H3,15,16,17);1H. The van der Waals surface area contributed by atoms with E-state index < -0.39 is 0 Å². The van der Waals surface area contributed by atoms with E-state index in [1.54, 1.807) is 0 Å². The summed E-state index contributed by atoms with van der Waals surface area (Å²) < 4.78 is 5.41. The van der Waals surface area contributed by atoms with Crippen molar-refractivity contribution >= 4 is 29.9 Å². The lowest BCUT2D eigenvalue weighted by atomic mass is 10.0. The number of rotatable bonds is 7. The van der Waals surface area contributed by atoms with Gasteiger partial charge in [0.05, 0.1) is 19.8 Å². The Morgan fingerprint density at radius 2 is 2.00 bits per heavy atom. The summed E-state index contributed by atoms with van der Waals surface area (Å²) in [5.74, 6) is 1.15. The molecule has 1 heterocycles. The predicted molar refractivity (Wildman–Crippen MR) is 95.8 cm³/mol. The highest BCUT2D eigenvalue weighted by atomic mass is 127. The number of unbranched alkanes of at least 4 members (excludes halogenated alkanes) is 1. The third-order valence-electron chi connectivity index (χ3n) is 3.57. The highest BCUT2D eigenvalue weighted by Gasteiger charge is 2.23. The van der Waals surface area contributed by atoms with Gasteiger partial charge in [-0.3, -0.25) is 9.89 Å². The number of nitrogens with zero attached hydrogens (tertiary/aromatic N) is 2. The number of aliphatic imine (C=N–C) groups is 1. The van der Waals surface area contributed by atoms with Crippen LogP contribution in [-0.2, 0) is 4.74 Å². The summed E-state index contributed by atoms with van der Waals surface area (Å²) in [6.45, 7) is 12.0. The summed E-state index contributed by atoms with van der Waals surface area (Å²) in [6.07, 6.45) is 2.30. The Bertz CT molecular complexity index is 268. The van der Waals surface area contributed by atoms with E-state index in [9.17, 15) is 0 Å². The van der Waals surface area contributed by atoms with Crippen LogP contribution in [0.4, 0.5) is 0 Å². The minimum absolute atomic E-state index is 0. The Labute approximate surface area is 140 Å². The average molecular weight is 398 g/mol. The Morgan fingerprint density at radius 3 is 2.55 bits per heavy atom. The molecule has 0 saturated carbocycles. The van der Waals surface area contributed by atoms with Gasteiger partial charge < -0.3 is 15.8 Å². The van der Waals surface area contributed by atoms with Gasteiger partial charge >= 0.3 is 0 Å². The Hall–Kier alpha value is -0.0800. The third-order valence-corrected chi connectivity index (χ3v) is 3.57. The van der Waals surface area contributed by atoms with Crippen LogP contribution in [0.3, 0.4) is 0 Å². The Kier molecular flexibility index (Phi) is 11.5. The zero-order valence-corrected chi connectivity index (χ0v) is 15.4. The van der Waals surface area contributed by atoms with Crippen LogP contribution in [0, 0.1) is 5.92 Å². The first kappa shape index (κ1) is 19.9. The van der Waals surface area contributed by atoms with E-state index in [0.29, 0.717) is 17.9 Å². The van der Waals surface area contributed by atoms with Crippen molar-refractivity contribution in [3.8, 4) is 0 Å². The number of hydrogen-bond acceptors (Lipinski definition) is 3. The predicted octanol–water partition coefficient (Wildman–Crippen LogP) is 1.67.